The van der Waals surface area contributed by atoms with E-state index in [0.717, 1.165) is 0 Å². The van der Waals surface area contributed by atoms with E-state index in [2.05, 4.69) is 5.16 Å². The molecule has 1 heterocycles. The lowest BCUT2D eigenvalue weighted by Gasteiger charge is -2.08. The van der Waals surface area contributed by atoms with Crippen LogP contribution in [-0.2, 0) is 9.63 Å². The van der Waals surface area contributed by atoms with E-state index in [1.807, 2.05) is 0 Å². The molecule has 1 aliphatic heterocycles. The molecule has 24 heavy (non-hydrogen) atoms. The van der Waals surface area contributed by atoms with Gasteiger partial charge in [0.1, 0.15) is 11.6 Å². The normalized spacial score (nSPS) is 16.2. The van der Waals surface area contributed by atoms with Crippen molar-refractivity contribution in [1.82, 2.24) is 0 Å². The standard InChI is InChI=1S/C18H14FNO4/c1-11(21)12-5-7-15(8-6-12)23-18(22)17-10-16(20-24-17)13-3-2-4-14(19)9-13/h2-9,17H,10H2,1H3/t17-/m1/s1. The minimum absolute atomic E-state index is 0.0693. The van der Waals surface area contributed by atoms with Gasteiger partial charge in [-0.1, -0.05) is 17.3 Å². The highest BCUT2D eigenvalue weighted by Crippen LogP contribution is 2.20. The van der Waals surface area contributed by atoms with E-state index in [-0.39, 0.29) is 18.0 Å². The van der Waals surface area contributed by atoms with Crippen molar-refractivity contribution in [2.45, 2.75) is 19.4 Å². The Kier molecular flexibility index (Phi) is 4.37. The molecule has 3 rings (SSSR count). The summed E-state index contributed by atoms with van der Waals surface area (Å²) in [7, 11) is 0. The Bertz CT molecular complexity index is 814. The molecule has 0 radical (unpaired) electrons. The van der Waals surface area contributed by atoms with Gasteiger partial charge in [0.05, 0.1) is 5.71 Å². The van der Waals surface area contributed by atoms with Crippen LogP contribution in [0.15, 0.2) is 53.7 Å². The fourth-order valence-corrected chi connectivity index (χ4v) is 2.28. The maximum atomic E-state index is 13.2. The lowest BCUT2D eigenvalue weighted by atomic mass is 10.1. The van der Waals surface area contributed by atoms with Crippen LogP contribution >= 0.6 is 0 Å². The van der Waals surface area contributed by atoms with Gasteiger partial charge in [-0.25, -0.2) is 9.18 Å². The fraction of sp³-hybridized carbons (Fsp3) is 0.167. The highest BCUT2D eigenvalue weighted by atomic mass is 19.1. The van der Waals surface area contributed by atoms with E-state index in [9.17, 15) is 14.0 Å². The van der Waals surface area contributed by atoms with Gasteiger partial charge < -0.3 is 9.57 Å². The van der Waals surface area contributed by atoms with Gasteiger partial charge in [0, 0.05) is 17.5 Å². The summed E-state index contributed by atoms with van der Waals surface area (Å²) in [6.45, 7) is 1.46. The fourth-order valence-electron chi connectivity index (χ4n) is 2.28. The monoisotopic (exact) mass is 327 g/mol. The van der Waals surface area contributed by atoms with E-state index in [1.54, 1.807) is 24.3 Å². The van der Waals surface area contributed by atoms with Crippen molar-refractivity contribution < 1.29 is 23.6 Å². The van der Waals surface area contributed by atoms with Crippen LogP contribution in [0.3, 0.4) is 0 Å². The summed E-state index contributed by atoms with van der Waals surface area (Å²) in [6, 6.07) is 12.2. The zero-order valence-electron chi connectivity index (χ0n) is 12.9. The van der Waals surface area contributed by atoms with Crippen LogP contribution < -0.4 is 4.74 Å². The molecule has 0 unspecified atom stereocenters. The molecule has 0 spiro atoms. The molecule has 0 fully saturated rings. The Hall–Kier alpha value is -3.02. The lowest BCUT2D eigenvalue weighted by molar-refractivity contribution is -0.145. The van der Waals surface area contributed by atoms with Crippen LogP contribution in [-0.4, -0.2) is 23.6 Å². The highest BCUT2D eigenvalue weighted by molar-refractivity contribution is 6.03. The van der Waals surface area contributed by atoms with Gasteiger partial charge in [0.15, 0.2) is 5.78 Å². The molecular weight excluding hydrogens is 313 g/mol. The Morgan fingerprint density at radius 3 is 2.62 bits per heavy atom. The second kappa shape index (κ2) is 6.62. The summed E-state index contributed by atoms with van der Waals surface area (Å²) in [5, 5.41) is 3.83. The second-order valence-corrected chi connectivity index (χ2v) is 5.35. The molecule has 0 bridgehead atoms. The third-order valence-electron chi connectivity index (χ3n) is 3.57. The topological polar surface area (TPSA) is 65.0 Å². The van der Waals surface area contributed by atoms with Crippen LogP contribution in [0.1, 0.15) is 29.3 Å². The van der Waals surface area contributed by atoms with Gasteiger partial charge in [-0.2, -0.15) is 0 Å². The molecule has 1 aliphatic rings. The molecular formula is C18H14FNO4. The minimum atomic E-state index is -0.879. The second-order valence-electron chi connectivity index (χ2n) is 5.35. The van der Waals surface area contributed by atoms with E-state index >= 15 is 0 Å². The summed E-state index contributed by atoms with van der Waals surface area (Å²) in [4.78, 5) is 28.4. The summed E-state index contributed by atoms with van der Waals surface area (Å²) >= 11 is 0. The maximum absolute atomic E-state index is 13.2. The number of nitrogens with zero attached hydrogens (tertiary/aromatic N) is 1. The number of carbonyl (C=O) groups excluding carboxylic acids is 2. The van der Waals surface area contributed by atoms with Gasteiger partial charge in [0.25, 0.3) is 0 Å². The largest absolute Gasteiger partial charge is 0.424 e. The Balaban J connectivity index is 1.62. The van der Waals surface area contributed by atoms with E-state index in [4.69, 9.17) is 9.57 Å². The van der Waals surface area contributed by atoms with Crippen LogP contribution in [0.2, 0.25) is 0 Å². The van der Waals surface area contributed by atoms with Gasteiger partial charge >= 0.3 is 5.97 Å². The number of Topliss-reactive ketones (excluding diaryl/α,β-unsaturated/α-hetero) is 1. The van der Waals surface area contributed by atoms with Crippen molar-refractivity contribution in [2.24, 2.45) is 5.16 Å². The number of halogens is 1. The highest BCUT2D eigenvalue weighted by Gasteiger charge is 2.30. The summed E-state index contributed by atoms with van der Waals surface area (Å²) in [6.07, 6.45) is -0.677. The van der Waals surface area contributed by atoms with Crippen molar-refractivity contribution in [3.8, 4) is 5.75 Å². The van der Waals surface area contributed by atoms with E-state index < -0.39 is 12.1 Å². The zero-order valence-corrected chi connectivity index (χ0v) is 12.9. The van der Waals surface area contributed by atoms with Gasteiger partial charge in [-0.05, 0) is 43.3 Å². The molecule has 6 heteroatoms. The Morgan fingerprint density at radius 2 is 1.96 bits per heavy atom. The van der Waals surface area contributed by atoms with E-state index in [0.29, 0.717) is 22.6 Å². The molecule has 2 aromatic rings. The number of esters is 1. The first-order chi connectivity index (χ1) is 11.5. The SMILES string of the molecule is CC(=O)c1ccc(OC(=O)[C@H]2CC(c3cccc(F)c3)=NO2)cc1. The number of ketones is 1. The van der Waals surface area contributed by atoms with Crippen molar-refractivity contribution in [3.05, 3.63) is 65.5 Å². The predicted molar refractivity (Wildman–Crippen MR) is 84.5 cm³/mol. The number of oxime groups is 1. The van der Waals surface area contributed by atoms with Crippen molar-refractivity contribution >= 4 is 17.5 Å². The Morgan fingerprint density at radius 1 is 1.21 bits per heavy atom. The van der Waals surface area contributed by atoms with Crippen molar-refractivity contribution in [2.75, 3.05) is 0 Å². The minimum Gasteiger partial charge on any atom is -0.424 e. The number of benzene rings is 2. The molecule has 0 N–H and O–H groups in total. The smallest absolute Gasteiger partial charge is 0.356 e. The average Bonchev–Trinajstić information content (AvgIpc) is 3.05. The van der Waals surface area contributed by atoms with E-state index in [1.165, 1.54) is 31.2 Å². The van der Waals surface area contributed by atoms with Gasteiger partial charge in [-0.3, -0.25) is 4.79 Å². The molecule has 1 atom stereocenters. The molecule has 122 valence electrons. The first-order valence-corrected chi connectivity index (χ1v) is 7.34. The molecule has 0 aromatic heterocycles. The molecule has 0 aliphatic carbocycles. The average molecular weight is 327 g/mol. The number of rotatable bonds is 4. The van der Waals surface area contributed by atoms with Crippen LogP contribution in [0.4, 0.5) is 4.39 Å². The third-order valence-corrected chi connectivity index (χ3v) is 3.57. The molecule has 0 saturated carbocycles. The quantitative estimate of drug-likeness (QED) is 0.492. The molecule has 2 aromatic carbocycles. The Labute approximate surface area is 137 Å². The third kappa shape index (κ3) is 3.48. The first kappa shape index (κ1) is 15.9. The van der Waals surface area contributed by atoms with Crippen molar-refractivity contribution in [3.63, 3.8) is 0 Å². The number of carbonyl (C=O) groups is 2. The first-order valence-electron chi connectivity index (χ1n) is 7.34. The number of ether oxygens (including phenoxy) is 1. The van der Waals surface area contributed by atoms with Crippen LogP contribution in [0, 0.1) is 5.82 Å². The zero-order chi connectivity index (χ0) is 17.1. The molecule has 0 amide bonds. The maximum Gasteiger partial charge on any atom is 0.356 e. The lowest BCUT2D eigenvalue weighted by Crippen LogP contribution is -2.26. The van der Waals surface area contributed by atoms with Crippen LogP contribution in [0.5, 0.6) is 5.75 Å². The number of hydrogen-bond donors (Lipinski definition) is 0. The summed E-state index contributed by atoms with van der Waals surface area (Å²) < 4.78 is 18.5. The summed E-state index contributed by atoms with van der Waals surface area (Å²) in [5.74, 6) is -0.736. The van der Waals surface area contributed by atoms with Crippen molar-refractivity contribution in [1.29, 1.82) is 0 Å². The van der Waals surface area contributed by atoms with Gasteiger partial charge in [0.2, 0.25) is 6.10 Å². The van der Waals surface area contributed by atoms with Gasteiger partial charge in [-0.15, -0.1) is 0 Å². The number of hydrogen-bond acceptors (Lipinski definition) is 5. The summed E-state index contributed by atoms with van der Waals surface area (Å²) in [5.41, 5.74) is 1.59. The predicted octanol–water partition coefficient (Wildman–Crippen LogP) is 3.13. The molecule has 0 saturated heterocycles. The van der Waals surface area contributed by atoms with Crippen LogP contribution in [0.25, 0.3) is 0 Å². The molecule has 5 nitrogen and oxygen atoms in total.